The number of hydrogen-bond donors (Lipinski definition) is 0. The Kier molecular flexibility index (Phi) is 6.99. The van der Waals surface area contributed by atoms with Crippen LogP contribution in [0, 0.1) is 11.6 Å². The molecule has 1 saturated heterocycles. The van der Waals surface area contributed by atoms with E-state index in [4.69, 9.17) is 16.3 Å². The highest BCUT2D eigenvalue weighted by Crippen LogP contribution is 2.30. The van der Waals surface area contributed by atoms with Crippen molar-refractivity contribution in [3.63, 3.8) is 0 Å². The third-order valence-electron chi connectivity index (χ3n) is 4.97. The van der Waals surface area contributed by atoms with Gasteiger partial charge in [-0.05, 0) is 36.4 Å². The maximum Gasteiger partial charge on any atom is 0.191 e. The van der Waals surface area contributed by atoms with E-state index in [0.29, 0.717) is 33.9 Å². The number of hydrogen-bond acceptors (Lipinski definition) is 5. The predicted octanol–water partition coefficient (Wildman–Crippen LogP) is 4.50. The van der Waals surface area contributed by atoms with Crippen LogP contribution in [0.4, 0.5) is 8.78 Å². The molecular formula is C21H21ClF2N4OS. The molecule has 1 aliphatic heterocycles. The van der Waals surface area contributed by atoms with Crippen molar-refractivity contribution in [3.05, 3.63) is 64.7 Å². The molecule has 1 aromatic heterocycles. The Labute approximate surface area is 183 Å². The van der Waals surface area contributed by atoms with Gasteiger partial charge in [0.15, 0.2) is 11.0 Å². The average Bonchev–Trinajstić information content (AvgIpc) is 3.16. The zero-order chi connectivity index (χ0) is 20.9. The van der Waals surface area contributed by atoms with Gasteiger partial charge < -0.3 is 9.30 Å². The summed E-state index contributed by atoms with van der Waals surface area (Å²) >= 11 is 7.55. The Hall–Kier alpha value is -2.00. The summed E-state index contributed by atoms with van der Waals surface area (Å²) in [7, 11) is 0. The lowest BCUT2D eigenvalue weighted by Crippen LogP contribution is -2.38. The molecule has 0 N–H and O–H groups in total. The molecule has 3 aromatic rings. The minimum absolute atomic E-state index is 0.304. The van der Waals surface area contributed by atoms with Crippen molar-refractivity contribution >= 4 is 23.4 Å². The molecule has 1 fully saturated rings. The van der Waals surface area contributed by atoms with Gasteiger partial charge in [-0.1, -0.05) is 29.4 Å². The predicted molar refractivity (Wildman–Crippen MR) is 114 cm³/mol. The Morgan fingerprint density at radius 1 is 1.00 bits per heavy atom. The fraction of sp³-hybridized carbons (Fsp3) is 0.333. The van der Waals surface area contributed by atoms with Crippen LogP contribution < -0.4 is 0 Å². The molecule has 158 valence electrons. The summed E-state index contributed by atoms with van der Waals surface area (Å²) in [5, 5.41) is 9.72. The molecule has 0 spiro atoms. The third-order valence-corrected chi connectivity index (χ3v) is 6.32. The molecule has 0 bridgehead atoms. The van der Waals surface area contributed by atoms with Crippen molar-refractivity contribution in [3.8, 4) is 11.4 Å². The summed E-state index contributed by atoms with van der Waals surface area (Å²) in [5.41, 5.74) is 1.22. The molecule has 0 atom stereocenters. The number of nitrogens with zero attached hydrogens (tertiary/aromatic N) is 4. The lowest BCUT2D eigenvalue weighted by molar-refractivity contribution is 0.0361. The minimum Gasteiger partial charge on any atom is -0.379 e. The number of halogens is 3. The molecule has 0 aliphatic carbocycles. The van der Waals surface area contributed by atoms with Crippen LogP contribution in [0.2, 0.25) is 5.02 Å². The second-order valence-corrected chi connectivity index (χ2v) is 8.26. The number of aromatic nitrogens is 3. The molecule has 0 radical (unpaired) electrons. The van der Waals surface area contributed by atoms with Crippen LogP contribution in [-0.2, 0) is 17.0 Å². The first-order valence-electron chi connectivity index (χ1n) is 9.67. The SMILES string of the molecule is Fc1ccc(-c2nnc(SCc3c(F)cccc3Cl)n2CCN2CCOCC2)cc1. The highest BCUT2D eigenvalue weighted by molar-refractivity contribution is 7.98. The van der Waals surface area contributed by atoms with Crippen LogP contribution in [0.5, 0.6) is 0 Å². The quantitative estimate of drug-likeness (QED) is 0.496. The Morgan fingerprint density at radius 2 is 1.77 bits per heavy atom. The van der Waals surface area contributed by atoms with Gasteiger partial charge in [0, 0.05) is 48.1 Å². The van der Waals surface area contributed by atoms with Crippen molar-refractivity contribution in [2.24, 2.45) is 0 Å². The lowest BCUT2D eigenvalue weighted by atomic mass is 10.2. The lowest BCUT2D eigenvalue weighted by Gasteiger charge is -2.27. The van der Waals surface area contributed by atoms with Crippen LogP contribution in [0.15, 0.2) is 47.6 Å². The van der Waals surface area contributed by atoms with Gasteiger partial charge >= 0.3 is 0 Å². The van der Waals surface area contributed by atoms with Crippen molar-refractivity contribution < 1.29 is 13.5 Å². The highest BCUT2D eigenvalue weighted by Gasteiger charge is 2.18. The Bertz CT molecular complexity index is 973. The van der Waals surface area contributed by atoms with Gasteiger partial charge in [0.1, 0.15) is 11.6 Å². The first kappa shape index (κ1) is 21.2. The fourth-order valence-electron chi connectivity index (χ4n) is 3.28. The summed E-state index contributed by atoms with van der Waals surface area (Å²) < 4.78 is 34.9. The topological polar surface area (TPSA) is 43.2 Å². The number of ether oxygens (including phenoxy) is 1. The average molecular weight is 451 g/mol. The van der Waals surface area contributed by atoms with E-state index >= 15 is 0 Å². The summed E-state index contributed by atoms with van der Waals surface area (Å²) in [6.45, 7) is 4.67. The molecule has 9 heteroatoms. The van der Waals surface area contributed by atoms with E-state index in [-0.39, 0.29) is 11.6 Å². The molecule has 0 unspecified atom stereocenters. The van der Waals surface area contributed by atoms with E-state index in [2.05, 4.69) is 15.1 Å². The molecule has 0 amide bonds. The maximum atomic E-state index is 14.2. The number of morpholine rings is 1. The van der Waals surface area contributed by atoms with Gasteiger partial charge in [0.2, 0.25) is 0 Å². The van der Waals surface area contributed by atoms with Crippen molar-refractivity contribution in [2.75, 3.05) is 32.8 Å². The van der Waals surface area contributed by atoms with Crippen LogP contribution in [0.3, 0.4) is 0 Å². The van der Waals surface area contributed by atoms with E-state index in [0.717, 1.165) is 38.4 Å². The molecule has 4 rings (SSSR count). The van der Waals surface area contributed by atoms with E-state index in [1.165, 1.54) is 30.0 Å². The monoisotopic (exact) mass is 450 g/mol. The molecular weight excluding hydrogens is 430 g/mol. The molecule has 1 aliphatic rings. The molecule has 5 nitrogen and oxygen atoms in total. The Morgan fingerprint density at radius 3 is 2.50 bits per heavy atom. The zero-order valence-corrected chi connectivity index (χ0v) is 17.8. The number of rotatable bonds is 7. The summed E-state index contributed by atoms with van der Waals surface area (Å²) in [6.07, 6.45) is 0. The second-order valence-electron chi connectivity index (χ2n) is 6.91. The third kappa shape index (κ3) is 5.00. The van der Waals surface area contributed by atoms with Crippen LogP contribution in [0.1, 0.15) is 5.56 Å². The van der Waals surface area contributed by atoms with E-state index in [9.17, 15) is 8.78 Å². The normalized spacial score (nSPS) is 14.9. The summed E-state index contributed by atoms with van der Waals surface area (Å²) in [6, 6.07) is 10.8. The molecule has 30 heavy (non-hydrogen) atoms. The first-order valence-corrected chi connectivity index (χ1v) is 11.0. The van der Waals surface area contributed by atoms with Crippen LogP contribution in [-0.4, -0.2) is 52.5 Å². The highest BCUT2D eigenvalue weighted by atomic mass is 35.5. The number of thioether (sulfide) groups is 1. The smallest absolute Gasteiger partial charge is 0.191 e. The van der Waals surface area contributed by atoms with Gasteiger partial charge in [0.25, 0.3) is 0 Å². The maximum absolute atomic E-state index is 14.2. The summed E-state index contributed by atoms with van der Waals surface area (Å²) in [5.74, 6) is 0.352. The zero-order valence-electron chi connectivity index (χ0n) is 16.2. The van der Waals surface area contributed by atoms with E-state index in [1.54, 1.807) is 24.3 Å². The molecule has 2 heterocycles. The van der Waals surface area contributed by atoms with Crippen LogP contribution in [0.25, 0.3) is 11.4 Å². The van der Waals surface area contributed by atoms with Gasteiger partial charge in [-0.2, -0.15) is 0 Å². The van der Waals surface area contributed by atoms with Gasteiger partial charge in [-0.15, -0.1) is 10.2 Å². The van der Waals surface area contributed by atoms with Crippen molar-refractivity contribution in [1.82, 2.24) is 19.7 Å². The summed E-state index contributed by atoms with van der Waals surface area (Å²) in [4.78, 5) is 2.32. The van der Waals surface area contributed by atoms with E-state index < -0.39 is 0 Å². The van der Waals surface area contributed by atoms with Crippen LogP contribution >= 0.6 is 23.4 Å². The Balaban J connectivity index is 1.57. The largest absolute Gasteiger partial charge is 0.379 e. The second kappa shape index (κ2) is 9.87. The van der Waals surface area contributed by atoms with Gasteiger partial charge in [0.05, 0.1) is 13.2 Å². The molecule has 2 aromatic carbocycles. The first-order chi connectivity index (χ1) is 14.6. The standard InChI is InChI=1S/C21H21ClF2N4OS/c22-18-2-1-3-19(24)17(18)14-30-21-26-25-20(15-4-6-16(23)7-5-15)28(21)9-8-27-10-12-29-13-11-27/h1-7H,8-14H2. The number of benzene rings is 2. The van der Waals surface area contributed by atoms with E-state index in [1.807, 2.05) is 4.57 Å². The fourth-order valence-corrected chi connectivity index (χ4v) is 4.59. The van der Waals surface area contributed by atoms with Crippen molar-refractivity contribution in [2.45, 2.75) is 17.5 Å². The van der Waals surface area contributed by atoms with Gasteiger partial charge in [-0.3, -0.25) is 4.90 Å². The minimum atomic E-state index is -0.340. The van der Waals surface area contributed by atoms with Crippen molar-refractivity contribution in [1.29, 1.82) is 0 Å². The molecule has 0 saturated carbocycles. The van der Waals surface area contributed by atoms with Gasteiger partial charge in [-0.25, -0.2) is 8.78 Å².